The number of carboxylic acids is 1. The Balaban J connectivity index is 1.36. The van der Waals surface area contributed by atoms with Crippen LogP contribution in [0.4, 0.5) is 0 Å². The Hall–Kier alpha value is -4.08. The Morgan fingerprint density at radius 2 is 1.97 bits per heavy atom. The monoisotopic (exact) mass is 484 g/mol. The highest BCUT2D eigenvalue weighted by atomic mass is 16.4. The average molecular weight is 485 g/mol. The van der Waals surface area contributed by atoms with E-state index in [-0.39, 0.29) is 0 Å². The third-order valence-electron chi connectivity index (χ3n) is 7.70. The summed E-state index contributed by atoms with van der Waals surface area (Å²) < 4.78 is 3.57. The summed E-state index contributed by atoms with van der Waals surface area (Å²) in [6.45, 7) is 3.84. The van der Waals surface area contributed by atoms with E-state index in [1.54, 1.807) is 10.9 Å². The molecule has 6 rings (SSSR count). The van der Waals surface area contributed by atoms with Crippen LogP contribution in [0.1, 0.15) is 44.0 Å². The van der Waals surface area contributed by atoms with Gasteiger partial charge in [0.05, 0.1) is 40.3 Å². The first-order valence-electron chi connectivity index (χ1n) is 12.2. The number of carbonyl (C=O) groups is 1. The summed E-state index contributed by atoms with van der Waals surface area (Å²) in [4.78, 5) is 21.4. The van der Waals surface area contributed by atoms with Crippen molar-refractivity contribution in [2.45, 2.75) is 46.0 Å². The van der Waals surface area contributed by atoms with Crippen LogP contribution >= 0.6 is 0 Å². The molecule has 0 unspecified atom stereocenters. The van der Waals surface area contributed by atoms with Crippen molar-refractivity contribution in [3.8, 4) is 22.4 Å². The molecule has 0 atom stereocenters. The topological polar surface area (TPSA) is 127 Å². The van der Waals surface area contributed by atoms with Gasteiger partial charge in [-0.1, -0.05) is 6.07 Å². The number of hydrogen-bond donors (Lipinski definition) is 2. The second-order valence-electron chi connectivity index (χ2n) is 10.2. The molecule has 10 heteroatoms. The van der Waals surface area contributed by atoms with Gasteiger partial charge in [0, 0.05) is 36.1 Å². The van der Waals surface area contributed by atoms with Gasteiger partial charge in [-0.15, -0.1) is 0 Å². The van der Waals surface area contributed by atoms with Crippen molar-refractivity contribution >= 4 is 22.6 Å². The van der Waals surface area contributed by atoms with Crippen molar-refractivity contribution in [2.75, 3.05) is 0 Å². The number of rotatable bonds is 5. The maximum absolute atomic E-state index is 11.7. The van der Waals surface area contributed by atoms with E-state index in [2.05, 4.69) is 25.4 Å². The highest BCUT2D eigenvalue weighted by Gasteiger charge is 2.37. The lowest BCUT2D eigenvalue weighted by Gasteiger charge is -2.33. The summed E-state index contributed by atoms with van der Waals surface area (Å²) in [6, 6.07) is 4.01. The van der Waals surface area contributed by atoms with Crippen molar-refractivity contribution in [1.82, 2.24) is 39.6 Å². The van der Waals surface area contributed by atoms with Crippen LogP contribution < -0.4 is 0 Å². The minimum absolute atomic E-state index is 0.386. The number of carboxylic acid groups (broad SMARTS) is 1. The molecule has 5 heterocycles. The van der Waals surface area contributed by atoms with Gasteiger partial charge in [0.2, 0.25) is 0 Å². The fraction of sp³-hybridized carbons (Fsp3) is 0.385. The molecule has 1 saturated carbocycles. The van der Waals surface area contributed by atoms with E-state index in [0.29, 0.717) is 18.8 Å². The molecule has 0 aromatic carbocycles. The molecular weight excluding hydrogens is 456 g/mol. The van der Waals surface area contributed by atoms with Crippen molar-refractivity contribution in [1.29, 1.82) is 0 Å². The minimum Gasteiger partial charge on any atom is -0.481 e. The zero-order valence-corrected chi connectivity index (χ0v) is 20.6. The zero-order valence-electron chi connectivity index (χ0n) is 20.6. The van der Waals surface area contributed by atoms with E-state index in [1.807, 2.05) is 56.1 Å². The standard InChI is InChI=1S/C26H28N8O2/c1-15-22-21(10-16-6-8-26(2,9-7-16)25(35)36)30-23-19(13-29-34(23)24(22)32-31-15)17-4-5-20(27-11-17)18-12-28-33(3)14-18/h4-5,11-14,16H,6-10H2,1-3H3,(H,31,32)(H,35,36). The molecule has 0 aliphatic heterocycles. The summed E-state index contributed by atoms with van der Waals surface area (Å²) in [5.74, 6) is -0.308. The van der Waals surface area contributed by atoms with Crippen LogP contribution in [0.3, 0.4) is 0 Å². The first-order chi connectivity index (χ1) is 17.3. The number of fused-ring (bicyclic) bond motifs is 3. The van der Waals surface area contributed by atoms with Crippen molar-refractivity contribution in [3.05, 3.63) is 48.3 Å². The van der Waals surface area contributed by atoms with E-state index < -0.39 is 11.4 Å². The lowest BCUT2D eigenvalue weighted by molar-refractivity contribution is -0.150. The number of aliphatic carboxylic acids is 1. The number of hydrogen-bond acceptors (Lipinski definition) is 6. The van der Waals surface area contributed by atoms with E-state index in [4.69, 9.17) is 4.98 Å². The van der Waals surface area contributed by atoms with Gasteiger partial charge in [-0.3, -0.25) is 19.6 Å². The van der Waals surface area contributed by atoms with Gasteiger partial charge in [-0.05, 0) is 57.9 Å². The second-order valence-corrected chi connectivity index (χ2v) is 10.2. The first-order valence-corrected chi connectivity index (χ1v) is 12.2. The van der Waals surface area contributed by atoms with Crippen LogP contribution in [0.2, 0.25) is 0 Å². The average Bonchev–Trinajstić information content (AvgIpc) is 3.59. The van der Waals surface area contributed by atoms with Crippen LogP contribution in [0.15, 0.2) is 36.9 Å². The van der Waals surface area contributed by atoms with Crippen LogP contribution in [0.5, 0.6) is 0 Å². The van der Waals surface area contributed by atoms with Gasteiger partial charge < -0.3 is 5.11 Å². The molecule has 5 aromatic heterocycles. The molecule has 0 saturated heterocycles. The summed E-state index contributed by atoms with van der Waals surface area (Å²) in [5, 5.41) is 27.0. The lowest BCUT2D eigenvalue weighted by atomic mass is 9.70. The summed E-state index contributed by atoms with van der Waals surface area (Å²) in [5.41, 5.74) is 6.48. The molecule has 5 aromatic rings. The largest absolute Gasteiger partial charge is 0.481 e. The number of aromatic nitrogens is 8. The third kappa shape index (κ3) is 3.64. The van der Waals surface area contributed by atoms with Crippen LogP contribution in [-0.2, 0) is 18.3 Å². The molecule has 36 heavy (non-hydrogen) atoms. The van der Waals surface area contributed by atoms with Gasteiger partial charge in [-0.2, -0.15) is 19.8 Å². The molecule has 0 amide bonds. The smallest absolute Gasteiger partial charge is 0.309 e. The van der Waals surface area contributed by atoms with Crippen LogP contribution in [0.25, 0.3) is 39.1 Å². The van der Waals surface area contributed by atoms with Crippen molar-refractivity contribution in [3.63, 3.8) is 0 Å². The van der Waals surface area contributed by atoms with Gasteiger partial charge in [0.1, 0.15) is 0 Å². The SMILES string of the molecule is Cc1n[nH]c2c1c(CC1CCC(C)(C(=O)O)CC1)nc1c(-c3ccc(-c4cnn(C)c4)nc3)cnn12. The Labute approximate surface area is 207 Å². The van der Waals surface area contributed by atoms with E-state index in [1.165, 1.54) is 0 Å². The van der Waals surface area contributed by atoms with Gasteiger partial charge in [0.25, 0.3) is 0 Å². The summed E-state index contributed by atoms with van der Waals surface area (Å²) in [7, 11) is 1.89. The van der Waals surface area contributed by atoms with Crippen LogP contribution in [-0.4, -0.2) is 50.6 Å². The minimum atomic E-state index is -0.694. The van der Waals surface area contributed by atoms with E-state index >= 15 is 0 Å². The molecule has 0 bridgehead atoms. The third-order valence-corrected chi connectivity index (χ3v) is 7.70. The highest BCUT2D eigenvalue weighted by Crippen LogP contribution is 2.40. The molecule has 10 nitrogen and oxygen atoms in total. The predicted molar refractivity (Wildman–Crippen MR) is 134 cm³/mol. The molecule has 2 N–H and O–H groups in total. The zero-order chi connectivity index (χ0) is 25.0. The number of aromatic amines is 1. The summed E-state index contributed by atoms with van der Waals surface area (Å²) >= 11 is 0. The highest BCUT2D eigenvalue weighted by molar-refractivity contribution is 5.87. The predicted octanol–water partition coefficient (Wildman–Crippen LogP) is 4.20. The maximum atomic E-state index is 11.7. The van der Waals surface area contributed by atoms with Crippen LogP contribution in [0, 0.1) is 18.3 Å². The lowest BCUT2D eigenvalue weighted by Crippen LogP contribution is -2.33. The Morgan fingerprint density at radius 3 is 2.64 bits per heavy atom. The number of nitrogens with zero attached hydrogens (tertiary/aromatic N) is 7. The maximum Gasteiger partial charge on any atom is 0.309 e. The summed E-state index contributed by atoms with van der Waals surface area (Å²) in [6.07, 6.45) is 11.3. The molecule has 0 radical (unpaired) electrons. The molecule has 1 fully saturated rings. The Morgan fingerprint density at radius 1 is 1.17 bits per heavy atom. The number of H-pyrrole nitrogens is 1. The van der Waals surface area contributed by atoms with Crippen molar-refractivity contribution in [2.24, 2.45) is 18.4 Å². The van der Waals surface area contributed by atoms with E-state index in [9.17, 15) is 9.90 Å². The first kappa shape index (κ1) is 22.4. The molecule has 0 spiro atoms. The van der Waals surface area contributed by atoms with Gasteiger partial charge >= 0.3 is 5.97 Å². The Bertz CT molecular complexity index is 1590. The number of aryl methyl sites for hydroxylation is 2. The van der Waals surface area contributed by atoms with Gasteiger partial charge in [-0.25, -0.2) is 4.98 Å². The van der Waals surface area contributed by atoms with E-state index in [0.717, 1.165) is 69.7 Å². The number of pyridine rings is 1. The van der Waals surface area contributed by atoms with Crippen molar-refractivity contribution < 1.29 is 9.90 Å². The molecule has 1 aliphatic carbocycles. The second kappa shape index (κ2) is 8.25. The van der Waals surface area contributed by atoms with Gasteiger partial charge in [0.15, 0.2) is 11.3 Å². The Kier molecular flexibility index (Phi) is 5.13. The number of nitrogens with one attached hydrogen (secondary N) is 1. The molecular formula is C26H28N8O2. The quantitative estimate of drug-likeness (QED) is 0.383. The fourth-order valence-electron chi connectivity index (χ4n) is 5.35. The molecule has 184 valence electrons. The normalized spacial score (nSPS) is 20.4. The molecule has 1 aliphatic rings. The fourth-order valence-corrected chi connectivity index (χ4v) is 5.35.